The number of benzene rings is 1. The van der Waals surface area contributed by atoms with Crippen molar-refractivity contribution in [3.05, 3.63) is 30.5 Å². The van der Waals surface area contributed by atoms with Gasteiger partial charge in [0.2, 0.25) is 0 Å². The number of aliphatic hydroxyl groups is 1. The second kappa shape index (κ2) is 4.63. The van der Waals surface area contributed by atoms with Crippen LogP contribution in [0, 0.1) is 5.41 Å². The van der Waals surface area contributed by atoms with Gasteiger partial charge in [0.05, 0.1) is 5.60 Å². The molecule has 1 heterocycles. The van der Waals surface area contributed by atoms with Crippen LogP contribution in [0.2, 0.25) is 0 Å². The summed E-state index contributed by atoms with van der Waals surface area (Å²) in [5.41, 5.74) is 0.375. The Kier molecular flexibility index (Phi) is 3.47. The molecule has 0 aliphatic carbocycles. The van der Waals surface area contributed by atoms with E-state index in [1.54, 1.807) is 11.8 Å². The number of nitrogens with one attached hydrogen (secondary N) is 1. The summed E-state index contributed by atoms with van der Waals surface area (Å²) in [6.07, 6.45) is 1.96. The SMILES string of the molecule is CC(C)(O)C(C)(C)CSc1ccc2cc[nH]c2c1. The fourth-order valence-electron chi connectivity index (χ4n) is 1.56. The van der Waals surface area contributed by atoms with Gasteiger partial charge in [0.1, 0.15) is 0 Å². The summed E-state index contributed by atoms with van der Waals surface area (Å²) in [7, 11) is 0. The van der Waals surface area contributed by atoms with E-state index in [0.29, 0.717) is 0 Å². The van der Waals surface area contributed by atoms with Crippen molar-refractivity contribution in [3.8, 4) is 0 Å². The van der Waals surface area contributed by atoms with E-state index in [1.165, 1.54) is 15.8 Å². The first kappa shape index (κ1) is 13.5. The molecule has 0 amide bonds. The van der Waals surface area contributed by atoms with Crippen molar-refractivity contribution < 1.29 is 5.11 Å². The molecule has 2 aromatic rings. The Morgan fingerprint density at radius 2 is 1.89 bits per heavy atom. The predicted octanol–water partition coefficient (Wildman–Crippen LogP) is 4.06. The van der Waals surface area contributed by atoms with Gasteiger partial charge in [-0.05, 0) is 37.4 Å². The Morgan fingerprint density at radius 1 is 1.17 bits per heavy atom. The normalized spacial score (nSPS) is 13.2. The molecule has 0 aliphatic rings. The van der Waals surface area contributed by atoms with Crippen LogP contribution >= 0.6 is 11.8 Å². The van der Waals surface area contributed by atoms with Crippen LogP contribution in [0.25, 0.3) is 10.9 Å². The fraction of sp³-hybridized carbons (Fsp3) is 0.467. The average Bonchev–Trinajstić information content (AvgIpc) is 2.71. The van der Waals surface area contributed by atoms with Crippen LogP contribution in [0.3, 0.4) is 0 Å². The van der Waals surface area contributed by atoms with Crippen LogP contribution in [0.4, 0.5) is 0 Å². The lowest BCUT2D eigenvalue weighted by atomic mass is 9.79. The van der Waals surface area contributed by atoms with E-state index in [-0.39, 0.29) is 5.41 Å². The molecule has 2 rings (SSSR count). The van der Waals surface area contributed by atoms with E-state index >= 15 is 0 Å². The molecule has 1 aromatic heterocycles. The fourth-order valence-corrected chi connectivity index (χ4v) is 2.80. The largest absolute Gasteiger partial charge is 0.390 e. The molecule has 0 saturated heterocycles. The Bertz CT molecular complexity index is 537. The zero-order valence-corrected chi connectivity index (χ0v) is 12.3. The molecule has 0 fully saturated rings. The summed E-state index contributed by atoms with van der Waals surface area (Å²) in [5.74, 6) is 0.892. The molecule has 2 nitrogen and oxygen atoms in total. The molecule has 0 aliphatic heterocycles. The highest BCUT2D eigenvalue weighted by molar-refractivity contribution is 7.99. The quantitative estimate of drug-likeness (QED) is 0.816. The minimum Gasteiger partial charge on any atom is -0.390 e. The Hall–Kier alpha value is -0.930. The van der Waals surface area contributed by atoms with Crippen molar-refractivity contribution in [2.24, 2.45) is 5.41 Å². The number of hydrogen-bond donors (Lipinski definition) is 2. The number of aromatic nitrogens is 1. The van der Waals surface area contributed by atoms with Gasteiger partial charge in [0.25, 0.3) is 0 Å². The third kappa shape index (κ3) is 2.73. The standard InChI is InChI=1S/C15H21NOS/c1-14(2,15(3,4)17)10-18-12-6-5-11-7-8-16-13(11)9-12/h5-9,16-17H,10H2,1-4H3. The number of H-pyrrole nitrogens is 1. The second-order valence-electron chi connectivity index (χ2n) is 5.96. The summed E-state index contributed by atoms with van der Waals surface area (Å²) in [5, 5.41) is 11.4. The molecule has 0 atom stereocenters. The lowest BCUT2D eigenvalue weighted by molar-refractivity contribution is -0.0210. The third-order valence-corrected chi connectivity index (χ3v) is 5.24. The van der Waals surface area contributed by atoms with Crippen LogP contribution in [0.15, 0.2) is 35.4 Å². The second-order valence-corrected chi connectivity index (χ2v) is 7.01. The van der Waals surface area contributed by atoms with Gasteiger partial charge < -0.3 is 10.1 Å². The van der Waals surface area contributed by atoms with Gasteiger partial charge in [-0.3, -0.25) is 0 Å². The number of fused-ring (bicyclic) bond motifs is 1. The van der Waals surface area contributed by atoms with Crippen LogP contribution in [0.1, 0.15) is 27.7 Å². The number of thioether (sulfide) groups is 1. The maximum Gasteiger partial charge on any atom is 0.0650 e. The topological polar surface area (TPSA) is 36.0 Å². The number of rotatable bonds is 4. The highest BCUT2D eigenvalue weighted by atomic mass is 32.2. The summed E-state index contributed by atoms with van der Waals surface area (Å²) >= 11 is 1.79. The van der Waals surface area contributed by atoms with Crippen molar-refractivity contribution in [2.45, 2.75) is 38.2 Å². The Balaban J connectivity index is 2.10. The molecule has 0 saturated carbocycles. The first-order valence-electron chi connectivity index (χ1n) is 6.22. The van der Waals surface area contributed by atoms with E-state index in [1.807, 2.05) is 20.0 Å². The smallest absolute Gasteiger partial charge is 0.0650 e. The lowest BCUT2D eigenvalue weighted by Crippen LogP contribution is -2.40. The monoisotopic (exact) mass is 263 g/mol. The van der Waals surface area contributed by atoms with E-state index in [0.717, 1.165) is 5.75 Å². The first-order valence-corrected chi connectivity index (χ1v) is 7.20. The van der Waals surface area contributed by atoms with Gasteiger partial charge >= 0.3 is 0 Å². The van der Waals surface area contributed by atoms with E-state index in [9.17, 15) is 5.11 Å². The maximum absolute atomic E-state index is 10.1. The van der Waals surface area contributed by atoms with Crippen molar-refractivity contribution >= 4 is 22.7 Å². The van der Waals surface area contributed by atoms with E-state index in [4.69, 9.17) is 0 Å². The average molecular weight is 263 g/mol. The molecule has 2 N–H and O–H groups in total. The molecule has 0 bridgehead atoms. The maximum atomic E-state index is 10.1. The van der Waals surface area contributed by atoms with Crippen molar-refractivity contribution in [3.63, 3.8) is 0 Å². The highest BCUT2D eigenvalue weighted by Gasteiger charge is 2.34. The van der Waals surface area contributed by atoms with Crippen molar-refractivity contribution in [1.29, 1.82) is 0 Å². The zero-order chi connectivity index (χ0) is 13.4. The molecular weight excluding hydrogens is 242 g/mol. The van der Waals surface area contributed by atoms with Gasteiger partial charge in [0, 0.05) is 27.8 Å². The summed E-state index contributed by atoms with van der Waals surface area (Å²) in [6, 6.07) is 8.51. The van der Waals surface area contributed by atoms with Crippen LogP contribution in [-0.4, -0.2) is 21.4 Å². The molecule has 1 aromatic carbocycles. The molecule has 0 radical (unpaired) electrons. The van der Waals surface area contributed by atoms with Gasteiger partial charge in [-0.2, -0.15) is 0 Å². The highest BCUT2D eigenvalue weighted by Crippen LogP contribution is 2.36. The molecular formula is C15H21NOS. The summed E-state index contributed by atoms with van der Waals surface area (Å²) in [4.78, 5) is 4.46. The Labute approximate surface area is 113 Å². The van der Waals surface area contributed by atoms with Gasteiger partial charge in [0.15, 0.2) is 0 Å². The lowest BCUT2D eigenvalue weighted by Gasteiger charge is -2.37. The molecule has 18 heavy (non-hydrogen) atoms. The van der Waals surface area contributed by atoms with Gasteiger partial charge in [-0.15, -0.1) is 11.8 Å². The number of aromatic amines is 1. The van der Waals surface area contributed by atoms with Crippen LogP contribution in [0.5, 0.6) is 0 Å². The molecule has 3 heteroatoms. The van der Waals surface area contributed by atoms with Crippen LogP contribution in [-0.2, 0) is 0 Å². The van der Waals surface area contributed by atoms with Gasteiger partial charge in [-0.1, -0.05) is 19.9 Å². The zero-order valence-electron chi connectivity index (χ0n) is 11.4. The molecule has 98 valence electrons. The molecule has 0 unspecified atom stereocenters. The summed E-state index contributed by atoms with van der Waals surface area (Å²) in [6.45, 7) is 7.96. The molecule has 0 spiro atoms. The Morgan fingerprint density at radius 3 is 2.56 bits per heavy atom. The summed E-state index contributed by atoms with van der Waals surface area (Å²) < 4.78 is 0. The predicted molar refractivity (Wildman–Crippen MR) is 79.1 cm³/mol. The third-order valence-electron chi connectivity index (χ3n) is 3.78. The van der Waals surface area contributed by atoms with E-state index in [2.05, 4.69) is 43.1 Å². The minimum absolute atomic E-state index is 0.123. The minimum atomic E-state index is -0.670. The van der Waals surface area contributed by atoms with Crippen molar-refractivity contribution in [1.82, 2.24) is 4.98 Å². The van der Waals surface area contributed by atoms with Crippen LogP contribution < -0.4 is 0 Å². The first-order chi connectivity index (χ1) is 8.29. The van der Waals surface area contributed by atoms with Crippen molar-refractivity contribution in [2.75, 3.05) is 5.75 Å². The van der Waals surface area contributed by atoms with Gasteiger partial charge in [-0.25, -0.2) is 0 Å². The van der Waals surface area contributed by atoms with E-state index < -0.39 is 5.60 Å². The number of hydrogen-bond acceptors (Lipinski definition) is 2.